The lowest BCUT2D eigenvalue weighted by Crippen LogP contribution is -2.54. The molecule has 5 aliphatic rings. The Morgan fingerprint density at radius 3 is 1.95 bits per heavy atom. The van der Waals surface area contributed by atoms with Gasteiger partial charge in [-0.2, -0.15) is 0 Å². The number of carboxylic acids is 1. The quantitative estimate of drug-likeness (QED) is 0.0562. The maximum absolute atomic E-state index is 14.3. The lowest BCUT2D eigenvalue weighted by atomic mass is 10.0. The summed E-state index contributed by atoms with van der Waals surface area (Å²) in [7, 11) is 2.79. The molecular weight excluding hydrogens is 1090 g/mol. The van der Waals surface area contributed by atoms with E-state index in [0.29, 0.717) is 52.2 Å². The standard InChI is InChI=1S/C60H62N8O16/c1-31(2)53(64-50(69)14-15-65-51(70)12-13-52(65)71)55(73)62-34(5)54(72)63-39-10-8-35(9-11-39)28-84-60(79)68-44-24-49(47(81-7)22-42(44)57(75)67-27-33(4)17-45(67)58(68)76)83-30-37-18-36(19-38(20-37)59(77)78)29-82-48-23-43-41(21-46(48)80-6)56(74)66-26-32(3)16-40(66)25-61-43/h8-13,18-25,31,34,40,45,53,58,76H,3-4,14-17,26-30H2,1-2,5-7H3,(H,62,73)(H,63,72)(H,64,69)(H,77,78)/t34-,40-,45-,53?,58-/m0/s1. The van der Waals surface area contributed by atoms with Crippen molar-refractivity contribution in [2.45, 2.75) is 90.2 Å². The van der Waals surface area contributed by atoms with Gasteiger partial charge in [0.25, 0.3) is 23.6 Å². The van der Waals surface area contributed by atoms with Crippen molar-refractivity contribution in [1.29, 1.82) is 0 Å². The van der Waals surface area contributed by atoms with Gasteiger partial charge in [-0.15, -0.1) is 0 Å². The van der Waals surface area contributed by atoms with Crippen LogP contribution in [0.15, 0.2) is 108 Å². The number of hydrogen-bond donors (Lipinski definition) is 5. The second kappa shape index (κ2) is 24.7. The zero-order valence-electron chi connectivity index (χ0n) is 46.7. The van der Waals surface area contributed by atoms with Gasteiger partial charge in [-0.05, 0) is 84.8 Å². The number of ether oxygens (including phenoxy) is 5. The summed E-state index contributed by atoms with van der Waals surface area (Å²) in [5.74, 6) is -4.61. The van der Waals surface area contributed by atoms with Crippen LogP contribution in [0.5, 0.6) is 23.0 Å². The molecule has 4 aromatic carbocycles. The number of carbonyl (C=O) groups is 9. The maximum Gasteiger partial charge on any atom is 0.416 e. The molecule has 24 nitrogen and oxygen atoms in total. The highest BCUT2D eigenvalue weighted by Gasteiger charge is 2.46. The number of aliphatic imine (C=N–C) groups is 1. The number of aliphatic hydroxyl groups is 1. The average molecular weight is 1150 g/mol. The van der Waals surface area contributed by atoms with Crippen LogP contribution in [-0.4, -0.2) is 149 Å². The Bertz CT molecular complexity index is 3450. The van der Waals surface area contributed by atoms with E-state index in [0.717, 1.165) is 27.5 Å². The Kier molecular flexibility index (Phi) is 17.3. The zero-order chi connectivity index (χ0) is 60.3. The highest BCUT2D eigenvalue weighted by atomic mass is 16.6. The van der Waals surface area contributed by atoms with Crippen LogP contribution in [0.4, 0.5) is 21.9 Å². The molecule has 84 heavy (non-hydrogen) atoms. The number of aliphatic hydroxyl groups excluding tert-OH is 1. The lowest BCUT2D eigenvalue weighted by molar-refractivity contribution is -0.137. The first-order chi connectivity index (χ1) is 40.1. The van der Waals surface area contributed by atoms with Gasteiger partial charge in [0.05, 0.1) is 54.4 Å². The number of carboxylic acid groups (broad SMARTS) is 1. The molecule has 4 aromatic rings. The number of amides is 8. The van der Waals surface area contributed by atoms with Gasteiger partial charge in [0.2, 0.25) is 17.7 Å². The van der Waals surface area contributed by atoms with E-state index < -0.39 is 77.8 Å². The van der Waals surface area contributed by atoms with Crippen molar-refractivity contribution >= 4 is 76.7 Å². The molecule has 2 saturated heterocycles. The van der Waals surface area contributed by atoms with Crippen LogP contribution < -0.4 is 39.8 Å². The molecular formula is C60H62N8O16. The number of aromatic carboxylic acids is 1. The van der Waals surface area contributed by atoms with Crippen molar-refractivity contribution in [3.63, 3.8) is 0 Å². The molecule has 0 aromatic heterocycles. The lowest BCUT2D eigenvalue weighted by Gasteiger charge is -2.31. The van der Waals surface area contributed by atoms with Crippen molar-refractivity contribution in [3.8, 4) is 23.0 Å². The predicted octanol–water partition coefficient (Wildman–Crippen LogP) is 5.19. The van der Waals surface area contributed by atoms with Crippen LogP contribution >= 0.6 is 0 Å². The first-order valence-corrected chi connectivity index (χ1v) is 26.8. The number of carbonyl (C=O) groups excluding carboxylic acids is 8. The van der Waals surface area contributed by atoms with E-state index in [9.17, 15) is 53.4 Å². The molecule has 5 N–H and O–H groups in total. The number of hydrogen-bond acceptors (Lipinski definition) is 16. The minimum Gasteiger partial charge on any atom is -0.493 e. The van der Waals surface area contributed by atoms with Gasteiger partial charge in [-0.3, -0.25) is 43.5 Å². The number of nitrogens with zero attached hydrogens (tertiary/aromatic N) is 5. The molecule has 438 valence electrons. The highest BCUT2D eigenvalue weighted by molar-refractivity contribution is 6.13. The van der Waals surface area contributed by atoms with E-state index in [1.807, 2.05) is 0 Å². The second-order valence-electron chi connectivity index (χ2n) is 21.1. The molecule has 0 radical (unpaired) electrons. The minimum atomic E-state index is -1.63. The fourth-order valence-electron chi connectivity index (χ4n) is 10.3. The first kappa shape index (κ1) is 58.8. The van der Waals surface area contributed by atoms with Crippen LogP contribution in [0.2, 0.25) is 0 Å². The number of nitrogens with one attached hydrogen (secondary N) is 3. The molecule has 5 heterocycles. The Morgan fingerprint density at radius 2 is 1.32 bits per heavy atom. The number of fused-ring (bicyclic) bond motifs is 4. The van der Waals surface area contributed by atoms with Crippen molar-refractivity contribution in [2.75, 3.05) is 44.1 Å². The number of methoxy groups -OCH3 is 2. The third-order valence-electron chi connectivity index (χ3n) is 14.7. The van der Waals surface area contributed by atoms with Crippen LogP contribution in [0, 0.1) is 5.92 Å². The van der Waals surface area contributed by atoms with Gasteiger partial charge < -0.3 is 59.6 Å². The summed E-state index contributed by atoms with van der Waals surface area (Å²) in [5.41, 5.74) is 3.73. The molecule has 9 rings (SSSR count). The van der Waals surface area contributed by atoms with E-state index in [4.69, 9.17) is 23.7 Å². The third-order valence-corrected chi connectivity index (χ3v) is 14.7. The van der Waals surface area contributed by atoms with Crippen molar-refractivity contribution in [1.82, 2.24) is 25.3 Å². The van der Waals surface area contributed by atoms with E-state index in [1.165, 1.54) is 50.3 Å². The summed E-state index contributed by atoms with van der Waals surface area (Å²) in [6.45, 7) is 12.6. The predicted molar refractivity (Wildman–Crippen MR) is 302 cm³/mol. The van der Waals surface area contributed by atoms with E-state index in [1.54, 1.807) is 67.4 Å². The van der Waals surface area contributed by atoms with Gasteiger partial charge in [0.1, 0.15) is 31.9 Å². The number of benzene rings is 4. The summed E-state index contributed by atoms with van der Waals surface area (Å²) >= 11 is 0. The zero-order valence-corrected chi connectivity index (χ0v) is 46.7. The van der Waals surface area contributed by atoms with Crippen LogP contribution in [0.25, 0.3) is 0 Å². The van der Waals surface area contributed by atoms with E-state index in [-0.39, 0.29) is 97.5 Å². The molecule has 5 atom stereocenters. The molecule has 24 heteroatoms. The van der Waals surface area contributed by atoms with Gasteiger partial charge in [-0.25, -0.2) is 14.5 Å². The second-order valence-corrected chi connectivity index (χ2v) is 21.1. The molecule has 2 fully saturated rings. The maximum atomic E-state index is 14.3. The molecule has 0 bridgehead atoms. The monoisotopic (exact) mass is 1150 g/mol. The first-order valence-electron chi connectivity index (χ1n) is 26.8. The Labute approximate surface area is 482 Å². The number of rotatable bonds is 20. The van der Waals surface area contributed by atoms with Crippen LogP contribution in [0.3, 0.4) is 0 Å². The minimum absolute atomic E-state index is 0.0207. The SMILES string of the molecule is C=C1C[C@H]2C=Nc3cc(OCc4cc(COc5cc6c(cc5OC)C(=O)N5CC(=C)C[C@H]5[C@H](O)N6C(=O)OCc5ccc(NC(=O)[C@H](C)NC(=O)C(NC(=O)CCN6C(=O)C=CC6=O)C(C)C)cc5)cc(C(=O)O)c4)c(OC)cc3C(=O)N2C1. The van der Waals surface area contributed by atoms with Crippen molar-refractivity contribution < 1.29 is 77.0 Å². The van der Waals surface area contributed by atoms with Gasteiger partial charge in [0.15, 0.2) is 29.2 Å². The third kappa shape index (κ3) is 12.6. The summed E-state index contributed by atoms with van der Waals surface area (Å²) in [4.78, 5) is 127. The highest BCUT2D eigenvalue weighted by Crippen LogP contribution is 2.43. The van der Waals surface area contributed by atoms with E-state index >= 15 is 0 Å². The average Bonchev–Trinajstić information content (AvgIpc) is 1.88. The molecule has 0 spiro atoms. The molecule has 0 saturated carbocycles. The largest absolute Gasteiger partial charge is 0.493 e. The summed E-state index contributed by atoms with van der Waals surface area (Å²) in [6.07, 6.45) is 1.81. The molecule has 8 amide bonds. The molecule has 5 aliphatic heterocycles. The van der Waals surface area contributed by atoms with Crippen molar-refractivity contribution in [2.24, 2.45) is 10.9 Å². The number of anilines is 2. The fourth-order valence-corrected chi connectivity index (χ4v) is 10.3. The topological polar surface area (TPSA) is 302 Å². The number of imide groups is 1. The van der Waals surface area contributed by atoms with Crippen LogP contribution in [-0.2, 0) is 48.5 Å². The van der Waals surface area contributed by atoms with Crippen molar-refractivity contribution in [3.05, 3.63) is 137 Å². The van der Waals surface area contributed by atoms with E-state index in [2.05, 4.69) is 34.1 Å². The Hall–Kier alpha value is -9.84. The summed E-state index contributed by atoms with van der Waals surface area (Å²) in [5, 5.41) is 30.1. The Balaban J connectivity index is 0.864. The molecule has 0 aliphatic carbocycles. The summed E-state index contributed by atoms with van der Waals surface area (Å²) in [6, 6.07) is 13.4. The normalized spacial score (nSPS) is 18.5. The van der Waals surface area contributed by atoms with Crippen LogP contribution in [0.1, 0.15) is 87.8 Å². The summed E-state index contributed by atoms with van der Waals surface area (Å²) < 4.78 is 29.6. The fraction of sp³-hybridized carbons (Fsp3) is 0.333. The molecule has 1 unspecified atom stereocenters. The van der Waals surface area contributed by atoms with Gasteiger partial charge in [-0.1, -0.05) is 50.3 Å². The van der Waals surface area contributed by atoms with Gasteiger partial charge >= 0.3 is 12.1 Å². The Morgan fingerprint density at radius 1 is 0.714 bits per heavy atom. The van der Waals surface area contributed by atoms with Gasteiger partial charge in [0, 0.05) is 62.2 Å². The smallest absolute Gasteiger partial charge is 0.416 e.